The summed E-state index contributed by atoms with van der Waals surface area (Å²) in [4.78, 5) is 24.1. The van der Waals surface area contributed by atoms with E-state index in [1.807, 2.05) is 19.0 Å². The van der Waals surface area contributed by atoms with Gasteiger partial charge >= 0.3 is 0 Å². The molecule has 1 amide bonds. The van der Waals surface area contributed by atoms with Crippen molar-refractivity contribution < 1.29 is 4.79 Å². The lowest BCUT2D eigenvalue weighted by atomic mass is 10.0. The number of imidazole rings is 1. The summed E-state index contributed by atoms with van der Waals surface area (Å²) < 4.78 is 0. The van der Waals surface area contributed by atoms with Crippen LogP contribution in [0.2, 0.25) is 0 Å². The highest BCUT2D eigenvalue weighted by Crippen LogP contribution is 2.14. The van der Waals surface area contributed by atoms with Gasteiger partial charge in [-0.15, -0.1) is 0 Å². The van der Waals surface area contributed by atoms with Crippen molar-refractivity contribution in [1.82, 2.24) is 25.1 Å². The fraction of sp³-hybridized carbons (Fsp3) is 0.714. The summed E-state index contributed by atoms with van der Waals surface area (Å²) in [6.45, 7) is 5.30. The molecule has 2 heterocycles. The molecule has 6 heteroatoms. The van der Waals surface area contributed by atoms with Gasteiger partial charge in [-0.25, -0.2) is 4.98 Å². The van der Waals surface area contributed by atoms with Gasteiger partial charge in [0.15, 0.2) is 0 Å². The number of amides is 1. The van der Waals surface area contributed by atoms with Crippen molar-refractivity contribution in [2.45, 2.75) is 32.4 Å². The highest BCUT2D eigenvalue weighted by Gasteiger charge is 2.28. The molecule has 20 heavy (non-hydrogen) atoms. The Balaban J connectivity index is 1.97. The van der Waals surface area contributed by atoms with Crippen molar-refractivity contribution in [2.24, 2.45) is 0 Å². The molecule has 1 aromatic heterocycles. The minimum Gasteiger partial charge on any atom is -0.347 e. The predicted molar refractivity (Wildman–Crippen MR) is 78.3 cm³/mol. The molecule has 0 aromatic carbocycles. The Morgan fingerprint density at radius 3 is 2.90 bits per heavy atom. The van der Waals surface area contributed by atoms with E-state index in [2.05, 4.69) is 27.1 Å². The molecule has 6 nitrogen and oxygen atoms in total. The van der Waals surface area contributed by atoms with E-state index in [0.29, 0.717) is 13.0 Å². The SMILES string of the molecule is CCCN(CCN(C)C)C(=O)C1Cc2nc[nH]c2CN1. The standard InChI is InChI=1S/C14H25N5O/c1-4-5-19(7-6-18(2)3)14(20)12-8-11-13(9-15-12)17-10-16-11/h10,12,15H,4-9H2,1-3H3,(H,16,17). The molecule has 0 fully saturated rings. The average Bonchev–Trinajstić information content (AvgIpc) is 2.89. The summed E-state index contributed by atoms with van der Waals surface area (Å²) >= 11 is 0. The van der Waals surface area contributed by atoms with Gasteiger partial charge in [-0.1, -0.05) is 6.92 Å². The van der Waals surface area contributed by atoms with E-state index in [1.54, 1.807) is 6.33 Å². The second-order valence-electron chi connectivity index (χ2n) is 5.59. The van der Waals surface area contributed by atoms with E-state index < -0.39 is 0 Å². The van der Waals surface area contributed by atoms with Gasteiger partial charge in [-0.3, -0.25) is 10.1 Å². The van der Waals surface area contributed by atoms with Crippen LogP contribution >= 0.6 is 0 Å². The van der Waals surface area contributed by atoms with Gasteiger partial charge in [0.05, 0.1) is 23.8 Å². The van der Waals surface area contributed by atoms with Crippen LogP contribution < -0.4 is 5.32 Å². The third-order valence-corrected chi connectivity index (χ3v) is 3.65. The zero-order valence-corrected chi connectivity index (χ0v) is 12.6. The van der Waals surface area contributed by atoms with Crippen molar-refractivity contribution >= 4 is 5.91 Å². The second kappa shape index (κ2) is 6.85. The Kier molecular flexibility index (Phi) is 5.14. The maximum atomic E-state index is 12.6. The fourth-order valence-electron chi connectivity index (χ4n) is 2.49. The van der Waals surface area contributed by atoms with Gasteiger partial charge in [-0.2, -0.15) is 0 Å². The minimum absolute atomic E-state index is 0.139. The molecule has 0 aliphatic carbocycles. The van der Waals surface area contributed by atoms with Gasteiger partial charge in [0.2, 0.25) is 5.91 Å². The average molecular weight is 279 g/mol. The molecule has 0 bridgehead atoms. The molecule has 1 atom stereocenters. The lowest BCUT2D eigenvalue weighted by molar-refractivity contribution is -0.133. The normalized spacial score (nSPS) is 18.1. The monoisotopic (exact) mass is 279 g/mol. The van der Waals surface area contributed by atoms with Gasteiger partial charge in [0, 0.05) is 32.6 Å². The van der Waals surface area contributed by atoms with Crippen molar-refractivity contribution in [3.63, 3.8) is 0 Å². The number of carbonyl (C=O) groups excluding carboxylic acids is 1. The third kappa shape index (κ3) is 3.58. The van der Waals surface area contributed by atoms with Crippen LogP contribution in [0.3, 0.4) is 0 Å². The molecule has 2 rings (SSSR count). The van der Waals surface area contributed by atoms with Crippen molar-refractivity contribution in [1.29, 1.82) is 0 Å². The maximum Gasteiger partial charge on any atom is 0.240 e. The molecule has 0 radical (unpaired) electrons. The molecular formula is C14H25N5O. The largest absolute Gasteiger partial charge is 0.347 e. The number of aromatic amines is 1. The number of aromatic nitrogens is 2. The van der Waals surface area contributed by atoms with Gasteiger partial charge in [-0.05, 0) is 20.5 Å². The number of hydrogen-bond acceptors (Lipinski definition) is 4. The molecule has 1 aromatic rings. The molecular weight excluding hydrogens is 254 g/mol. The maximum absolute atomic E-state index is 12.6. The third-order valence-electron chi connectivity index (χ3n) is 3.65. The Morgan fingerprint density at radius 2 is 2.20 bits per heavy atom. The molecule has 0 saturated carbocycles. The summed E-state index contributed by atoms with van der Waals surface area (Å²) in [6, 6.07) is -0.139. The van der Waals surface area contributed by atoms with E-state index in [4.69, 9.17) is 0 Å². The molecule has 2 N–H and O–H groups in total. The Morgan fingerprint density at radius 1 is 1.40 bits per heavy atom. The van der Waals surface area contributed by atoms with Crippen molar-refractivity contribution in [3.05, 3.63) is 17.7 Å². The zero-order chi connectivity index (χ0) is 14.5. The predicted octanol–water partition coefficient (Wildman–Crippen LogP) is 0.224. The highest BCUT2D eigenvalue weighted by molar-refractivity contribution is 5.82. The molecule has 1 aliphatic rings. The molecule has 1 unspecified atom stereocenters. The zero-order valence-electron chi connectivity index (χ0n) is 12.6. The van der Waals surface area contributed by atoms with E-state index in [9.17, 15) is 4.79 Å². The fourth-order valence-corrected chi connectivity index (χ4v) is 2.49. The van der Waals surface area contributed by atoms with Crippen LogP contribution in [0.25, 0.3) is 0 Å². The van der Waals surface area contributed by atoms with Crippen LogP contribution in [0.15, 0.2) is 6.33 Å². The number of rotatable bonds is 6. The number of nitrogens with one attached hydrogen (secondary N) is 2. The Bertz CT molecular complexity index is 443. The number of likely N-dealkylation sites (N-methyl/N-ethyl adjacent to an activating group) is 1. The first-order valence-electron chi connectivity index (χ1n) is 7.29. The van der Waals surface area contributed by atoms with Crippen molar-refractivity contribution in [3.8, 4) is 0 Å². The molecule has 112 valence electrons. The molecule has 0 spiro atoms. The number of hydrogen-bond donors (Lipinski definition) is 2. The van der Waals surface area contributed by atoms with Gasteiger partial charge < -0.3 is 14.8 Å². The first-order chi connectivity index (χ1) is 9.61. The van der Waals surface area contributed by atoms with E-state index in [-0.39, 0.29) is 11.9 Å². The first-order valence-corrected chi connectivity index (χ1v) is 7.29. The van der Waals surface area contributed by atoms with Crippen LogP contribution in [0.5, 0.6) is 0 Å². The highest BCUT2D eigenvalue weighted by atomic mass is 16.2. The van der Waals surface area contributed by atoms with E-state index in [0.717, 1.165) is 37.4 Å². The lowest BCUT2D eigenvalue weighted by Gasteiger charge is -2.30. The molecule has 1 aliphatic heterocycles. The summed E-state index contributed by atoms with van der Waals surface area (Å²) in [5.41, 5.74) is 2.12. The van der Waals surface area contributed by atoms with Gasteiger partial charge in [0.25, 0.3) is 0 Å². The lowest BCUT2D eigenvalue weighted by Crippen LogP contribution is -2.51. The minimum atomic E-state index is -0.139. The van der Waals surface area contributed by atoms with E-state index in [1.165, 1.54) is 0 Å². The topological polar surface area (TPSA) is 64.3 Å². The Labute approximate surface area is 120 Å². The molecule has 0 saturated heterocycles. The summed E-state index contributed by atoms with van der Waals surface area (Å²) in [5, 5.41) is 3.31. The van der Waals surface area contributed by atoms with Crippen LogP contribution in [-0.4, -0.2) is 65.4 Å². The van der Waals surface area contributed by atoms with E-state index >= 15 is 0 Å². The summed E-state index contributed by atoms with van der Waals surface area (Å²) in [7, 11) is 4.06. The van der Waals surface area contributed by atoms with Crippen LogP contribution in [0, 0.1) is 0 Å². The number of H-pyrrole nitrogens is 1. The number of nitrogens with zero attached hydrogens (tertiary/aromatic N) is 3. The van der Waals surface area contributed by atoms with Crippen LogP contribution in [0.4, 0.5) is 0 Å². The summed E-state index contributed by atoms with van der Waals surface area (Å²) in [5.74, 6) is 0.197. The van der Waals surface area contributed by atoms with Crippen molar-refractivity contribution in [2.75, 3.05) is 33.7 Å². The quantitative estimate of drug-likeness (QED) is 0.782. The smallest absolute Gasteiger partial charge is 0.240 e. The number of carbonyl (C=O) groups is 1. The van der Waals surface area contributed by atoms with Crippen LogP contribution in [0.1, 0.15) is 24.7 Å². The number of fused-ring (bicyclic) bond motifs is 1. The Hall–Kier alpha value is -1.40. The second-order valence-corrected chi connectivity index (χ2v) is 5.59. The summed E-state index contributed by atoms with van der Waals surface area (Å²) in [6.07, 6.45) is 3.37. The van der Waals surface area contributed by atoms with Crippen LogP contribution in [-0.2, 0) is 17.8 Å². The first kappa shape index (κ1) is 15.0. The van der Waals surface area contributed by atoms with Gasteiger partial charge in [0.1, 0.15) is 0 Å².